The first-order chi connectivity index (χ1) is 7.88. The zero-order valence-electron chi connectivity index (χ0n) is 9.99. The number of benzene rings is 1. The smallest absolute Gasteiger partial charge is 0.859 e. The fourth-order valence-electron chi connectivity index (χ4n) is 1.44. The van der Waals surface area contributed by atoms with Crippen LogP contribution < -0.4 is 39.8 Å². The number of sulfonamides is 1. The average molecular weight is 275 g/mol. The number of nitrogens with zero attached hydrogens (tertiary/aromatic N) is 2. The maximum atomic E-state index is 11.5. The number of rotatable bonds is 2. The van der Waals surface area contributed by atoms with Crippen molar-refractivity contribution in [1.82, 2.24) is 9.78 Å². The number of hydrogen-bond acceptors (Lipinski definition) is 4. The Hall–Kier alpha value is -0.860. The number of nitrogens with two attached hydrogens (primary N) is 1. The second-order valence-electron chi connectivity index (χ2n) is 3.57. The van der Waals surface area contributed by atoms with Gasteiger partial charge in [-0.05, 0) is 43.1 Å². The molecule has 1 aromatic carbocycles. The molecule has 6 nitrogen and oxygen atoms in total. The molecule has 0 amide bonds. The van der Waals surface area contributed by atoms with E-state index in [0.717, 1.165) is 0 Å². The quantitative estimate of drug-likeness (QED) is 0.587. The summed E-state index contributed by atoms with van der Waals surface area (Å²) >= 11 is 0. The van der Waals surface area contributed by atoms with Gasteiger partial charge in [0.05, 0.1) is 16.3 Å². The predicted octanol–water partition coefficient (Wildman–Crippen LogP) is -3.09. The minimum absolute atomic E-state index is 0. The van der Waals surface area contributed by atoms with Crippen molar-refractivity contribution < 1.29 is 43.1 Å². The van der Waals surface area contributed by atoms with Crippen LogP contribution in [0, 0.1) is 6.92 Å². The summed E-state index contributed by atoms with van der Waals surface area (Å²) in [5.74, 6) is -0.258. The predicted molar refractivity (Wildman–Crippen MR) is 59.1 cm³/mol. The molecule has 0 aliphatic carbocycles. The van der Waals surface area contributed by atoms with Crippen molar-refractivity contribution in [1.29, 1.82) is 0 Å². The summed E-state index contributed by atoms with van der Waals surface area (Å²) in [6.07, 6.45) is 0. The van der Waals surface area contributed by atoms with E-state index in [9.17, 15) is 13.5 Å². The van der Waals surface area contributed by atoms with E-state index < -0.39 is 10.0 Å². The van der Waals surface area contributed by atoms with Crippen molar-refractivity contribution >= 4 is 10.0 Å². The molecule has 1 heterocycles. The van der Waals surface area contributed by atoms with Gasteiger partial charge < -0.3 is 5.11 Å². The standard InChI is InChI=1S/C10H11N3O3S.Na/c1-7-6-10(14)13(12-7)8-2-4-9(5-3-8)17(11,15)16;/h2-6,14H,1H3,(H2,11,15,16);/q;+1/p-1. The largest absolute Gasteiger partial charge is 1.00 e. The SMILES string of the molecule is Cc1cc([O-])n(-c2ccc(S(N)(=O)=O)cc2)n1.[Na+]. The van der Waals surface area contributed by atoms with E-state index in [4.69, 9.17) is 5.14 Å². The van der Waals surface area contributed by atoms with E-state index >= 15 is 0 Å². The van der Waals surface area contributed by atoms with Crippen molar-refractivity contribution in [3.05, 3.63) is 36.0 Å². The Morgan fingerprint density at radius 1 is 1.28 bits per heavy atom. The van der Waals surface area contributed by atoms with E-state index in [2.05, 4.69) is 5.10 Å². The van der Waals surface area contributed by atoms with Crippen LogP contribution in [0.1, 0.15) is 5.69 Å². The van der Waals surface area contributed by atoms with Gasteiger partial charge >= 0.3 is 29.6 Å². The molecule has 2 N–H and O–H groups in total. The molecule has 0 bridgehead atoms. The summed E-state index contributed by atoms with van der Waals surface area (Å²) in [4.78, 5) is -0.00224. The third-order valence-electron chi connectivity index (χ3n) is 2.21. The molecule has 0 saturated carbocycles. The van der Waals surface area contributed by atoms with Gasteiger partial charge in [-0.15, -0.1) is 0 Å². The topological polar surface area (TPSA) is 101 Å². The van der Waals surface area contributed by atoms with Crippen LogP contribution in [0.25, 0.3) is 5.69 Å². The summed E-state index contributed by atoms with van der Waals surface area (Å²) < 4.78 is 23.3. The van der Waals surface area contributed by atoms with Gasteiger partial charge in [-0.3, -0.25) is 0 Å². The van der Waals surface area contributed by atoms with Gasteiger partial charge in [-0.1, -0.05) is 0 Å². The molecule has 0 aliphatic rings. The molecule has 2 aromatic rings. The van der Waals surface area contributed by atoms with E-state index in [0.29, 0.717) is 11.4 Å². The summed E-state index contributed by atoms with van der Waals surface area (Å²) in [5, 5.41) is 20.4. The van der Waals surface area contributed by atoms with Crippen molar-refractivity contribution in [2.45, 2.75) is 11.8 Å². The molecule has 0 atom stereocenters. The zero-order chi connectivity index (χ0) is 12.6. The third-order valence-corrected chi connectivity index (χ3v) is 3.14. The van der Waals surface area contributed by atoms with Gasteiger partial charge in [0.2, 0.25) is 10.0 Å². The second kappa shape index (κ2) is 5.41. The zero-order valence-corrected chi connectivity index (χ0v) is 12.8. The molecule has 0 spiro atoms. The molecule has 0 radical (unpaired) electrons. The van der Waals surface area contributed by atoms with Crippen LogP contribution in [0.2, 0.25) is 0 Å². The van der Waals surface area contributed by atoms with Crippen molar-refractivity contribution in [3.63, 3.8) is 0 Å². The Morgan fingerprint density at radius 3 is 2.22 bits per heavy atom. The summed E-state index contributed by atoms with van der Waals surface area (Å²) in [6, 6.07) is 7.02. The van der Waals surface area contributed by atoms with Gasteiger partial charge in [0.1, 0.15) is 0 Å². The van der Waals surface area contributed by atoms with E-state index in [-0.39, 0.29) is 40.3 Å². The van der Waals surface area contributed by atoms with Crippen LogP contribution in [-0.2, 0) is 10.0 Å². The number of primary sulfonamides is 1. The summed E-state index contributed by atoms with van der Waals surface area (Å²) in [7, 11) is -3.71. The van der Waals surface area contributed by atoms with Crippen LogP contribution in [-0.4, -0.2) is 18.2 Å². The average Bonchev–Trinajstić information content (AvgIpc) is 2.57. The molecule has 0 aliphatic heterocycles. The maximum Gasteiger partial charge on any atom is 1.00 e. The molecule has 0 fully saturated rings. The Balaban J connectivity index is 0.00000162. The fourth-order valence-corrected chi connectivity index (χ4v) is 1.95. The first-order valence-corrected chi connectivity index (χ1v) is 6.29. The minimum atomic E-state index is -3.71. The number of aromatic nitrogens is 2. The van der Waals surface area contributed by atoms with Gasteiger partial charge in [0.15, 0.2) is 0 Å². The monoisotopic (exact) mass is 275 g/mol. The van der Waals surface area contributed by atoms with Crippen molar-refractivity contribution in [2.75, 3.05) is 0 Å². The normalized spacial score (nSPS) is 11.0. The van der Waals surface area contributed by atoms with Crippen LogP contribution >= 0.6 is 0 Å². The Morgan fingerprint density at radius 2 is 1.83 bits per heavy atom. The van der Waals surface area contributed by atoms with E-state index in [1.807, 2.05) is 0 Å². The number of aryl methyl sites for hydroxylation is 1. The van der Waals surface area contributed by atoms with Crippen LogP contribution in [0.4, 0.5) is 0 Å². The van der Waals surface area contributed by atoms with Gasteiger partial charge in [0.25, 0.3) is 0 Å². The Kier molecular flexibility index (Phi) is 4.57. The molecular weight excluding hydrogens is 265 g/mol. The van der Waals surface area contributed by atoms with Crippen LogP contribution in [0.3, 0.4) is 0 Å². The molecule has 0 unspecified atom stereocenters. The van der Waals surface area contributed by atoms with Crippen molar-refractivity contribution in [2.24, 2.45) is 5.14 Å². The van der Waals surface area contributed by atoms with Gasteiger partial charge in [-0.25, -0.2) is 18.2 Å². The Bertz CT molecular complexity index is 650. The molecule has 90 valence electrons. The van der Waals surface area contributed by atoms with E-state index in [1.165, 1.54) is 35.0 Å². The molecular formula is C10H10N3NaO3S. The number of hydrogen-bond donors (Lipinski definition) is 1. The Labute approximate surface area is 127 Å². The van der Waals surface area contributed by atoms with Crippen molar-refractivity contribution in [3.8, 4) is 11.6 Å². The van der Waals surface area contributed by atoms with Crippen LogP contribution in [0.15, 0.2) is 35.2 Å². The van der Waals surface area contributed by atoms with E-state index in [1.54, 1.807) is 6.92 Å². The minimum Gasteiger partial charge on any atom is -0.859 e. The maximum absolute atomic E-state index is 11.5. The summed E-state index contributed by atoms with van der Waals surface area (Å²) in [5.41, 5.74) is 1.10. The second-order valence-corrected chi connectivity index (χ2v) is 5.14. The third kappa shape index (κ3) is 3.12. The van der Waals surface area contributed by atoms with Crippen LogP contribution in [0.5, 0.6) is 5.88 Å². The summed E-state index contributed by atoms with van der Waals surface area (Å²) in [6.45, 7) is 1.70. The molecule has 2 rings (SSSR count). The first kappa shape index (κ1) is 15.2. The molecule has 1 aromatic heterocycles. The first-order valence-electron chi connectivity index (χ1n) is 4.75. The van der Waals surface area contributed by atoms with Gasteiger partial charge in [-0.2, -0.15) is 5.10 Å². The molecule has 8 heteroatoms. The molecule has 0 saturated heterocycles. The van der Waals surface area contributed by atoms with Gasteiger partial charge in [0, 0.05) is 0 Å². The fraction of sp³-hybridized carbons (Fsp3) is 0.100. The molecule has 18 heavy (non-hydrogen) atoms.